The van der Waals surface area contributed by atoms with E-state index in [4.69, 9.17) is 30.2 Å². The van der Waals surface area contributed by atoms with Crippen molar-refractivity contribution in [3.8, 4) is 17.2 Å². The summed E-state index contributed by atoms with van der Waals surface area (Å²) in [5.41, 5.74) is 2.30. The first-order valence-electron chi connectivity index (χ1n) is 9.94. The molecule has 2 aliphatic rings. The van der Waals surface area contributed by atoms with Gasteiger partial charge in [-0.3, -0.25) is 4.79 Å². The Balaban J connectivity index is 1.38. The largest absolute Gasteiger partial charge is 0.490 e. The van der Waals surface area contributed by atoms with Crippen LogP contribution in [0.25, 0.3) is 11.0 Å². The summed E-state index contributed by atoms with van der Waals surface area (Å²) in [6.07, 6.45) is 3.28. The third-order valence-electron chi connectivity index (χ3n) is 5.45. The van der Waals surface area contributed by atoms with E-state index < -0.39 is 0 Å². The summed E-state index contributed by atoms with van der Waals surface area (Å²) in [7, 11) is 0. The molecule has 1 aliphatic carbocycles. The quantitative estimate of drug-likeness (QED) is 0.456. The predicted molar refractivity (Wildman–Crippen MR) is 111 cm³/mol. The summed E-state index contributed by atoms with van der Waals surface area (Å²) < 4.78 is 22.4. The molecule has 154 valence electrons. The second kappa shape index (κ2) is 7.69. The summed E-state index contributed by atoms with van der Waals surface area (Å²) in [5, 5.41) is 1.20. The van der Waals surface area contributed by atoms with Crippen molar-refractivity contribution in [2.45, 2.75) is 25.7 Å². The summed E-state index contributed by atoms with van der Waals surface area (Å²) in [6.45, 7) is 0.923. The molecule has 0 saturated carbocycles. The Morgan fingerprint density at radius 3 is 2.67 bits per heavy atom. The van der Waals surface area contributed by atoms with Crippen LogP contribution in [0.5, 0.6) is 17.2 Å². The number of hydrogen-bond acceptors (Lipinski definition) is 6. The molecule has 5 rings (SSSR count). The Kier molecular flexibility index (Phi) is 4.87. The zero-order chi connectivity index (χ0) is 20.7. The van der Waals surface area contributed by atoms with Crippen LogP contribution < -0.4 is 19.8 Å². The van der Waals surface area contributed by atoms with E-state index in [9.17, 15) is 9.59 Å². The number of hydrogen-bond donors (Lipinski definition) is 0. The zero-order valence-corrected chi connectivity index (χ0v) is 16.9. The molecule has 0 spiro atoms. The van der Waals surface area contributed by atoms with Crippen molar-refractivity contribution in [2.24, 2.45) is 0 Å². The van der Waals surface area contributed by atoms with Crippen molar-refractivity contribution in [3.05, 3.63) is 62.5 Å². The maximum atomic E-state index is 12.6. The first-order chi connectivity index (χ1) is 14.6. The van der Waals surface area contributed by atoms with Crippen LogP contribution in [0.1, 0.15) is 34.3 Å². The lowest BCUT2D eigenvalue weighted by Crippen LogP contribution is -2.12. The Labute approximate surface area is 177 Å². The predicted octanol–water partition coefficient (Wildman–Crippen LogP) is 4.36. The molecule has 3 aromatic rings. The minimum atomic E-state index is -0.313. The van der Waals surface area contributed by atoms with Crippen LogP contribution in [0, 0.1) is 0 Å². The van der Waals surface area contributed by atoms with Gasteiger partial charge in [0.15, 0.2) is 23.9 Å². The van der Waals surface area contributed by atoms with E-state index in [1.54, 1.807) is 30.3 Å². The zero-order valence-electron chi connectivity index (χ0n) is 16.2. The smallest absolute Gasteiger partial charge is 0.339 e. The van der Waals surface area contributed by atoms with Gasteiger partial charge in [0.2, 0.25) is 0 Å². The first kappa shape index (κ1) is 19.0. The molecule has 0 fully saturated rings. The standard InChI is InChI=1S/C23H19ClO6/c24-17-10-16-14-3-1-4-15(14)23(26)30-20(16)11-21(17)29-12-18(25)13-5-6-19-22(9-13)28-8-2-7-27-19/h5-6,9-11H,1-4,7-8,12H2. The molecule has 2 heterocycles. The molecule has 0 radical (unpaired) electrons. The molecule has 0 atom stereocenters. The van der Waals surface area contributed by atoms with Gasteiger partial charge in [-0.05, 0) is 49.1 Å². The Morgan fingerprint density at radius 2 is 1.80 bits per heavy atom. The van der Waals surface area contributed by atoms with Crippen LogP contribution in [-0.2, 0) is 12.8 Å². The number of rotatable bonds is 4. The Hall–Kier alpha value is -2.99. The number of Topliss-reactive ketones (excluding diaryl/α,β-unsaturated/α-hetero) is 1. The van der Waals surface area contributed by atoms with Crippen molar-refractivity contribution >= 4 is 28.4 Å². The van der Waals surface area contributed by atoms with E-state index in [-0.39, 0.29) is 18.0 Å². The molecular formula is C23H19ClO6. The van der Waals surface area contributed by atoms with Gasteiger partial charge in [0.1, 0.15) is 11.3 Å². The minimum absolute atomic E-state index is 0.208. The molecule has 0 saturated heterocycles. The lowest BCUT2D eigenvalue weighted by Gasteiger charge is -2.11. The third-order valence-corrected chi connectivity index (χ3v) is 5.75. The van der Waals surface area contributed by atoms with Crippen LogP contribution in [-0.4, -0.2) is 25.6 Å². The molecule has 1 aliphatic heterocycles. The normalized spacial score (nSPS) is 15.0. The van der Waals surface area contributed by atoms with Gasteiger partial charge in [0.25, 0.3) is 0 Å². The summed E-state index contributed by atoms with van der Waals surface area (Å²) in [6, 6.07) is 8.41. The number of carbonyl (C=O) groups excluding carboxylic acids is 1. The lowest BCUT2D eigenvalue weighted by molar-refractivity contribution is 0.0921. The first-order valence-corrected chi connectivity index (χ1v) is 10.3. The van der Waals surface area contributed by atoms with Gasteiger partial charge in [-0.25, -0.2) is 4.79 Å². The van der Waals surface area contributed by atoms with E-state index in [0.717, 1.165) is 42.2 Å². The molecule has 0 N–H and O–H groups in total. The lowest BCUT2D eigenvalue weighted by atomic mass is 10.1. The molecule has 7 heteroatoms. The second-order valence-corrected chi connectivity index (χ2v) is 7.81. The summed E-state index contributed by atoms with van der Waals surface area (Å²) in [5.74, 6) is 1.26. The molecule has 6 nitrogen and oxygen atoms in total. The number of fused-ring (bicyclic) bond motifs is 4. The topological polar surface area (TPSA) is 75.0 Å². The molecule has 0 bridgehead atoms. The van der Waals surface area contributed by atoms with Crippen molar-refractivity contribution in [2.75, 3.05) is 19.8 Å². The van der Waals surface area contributed by atoms with E-state index in [1.807, 2.05) is 0 Å². The van der Waals surface area contributed by atoms with Gasteiger partial charge in [0.05, 0.1) is 18.2 Å². The summed E-state index contributed by atoms with van der Waals surface area (Å²) >= 11 is 6.39. The van der Waals surface area contributed by atoms with Crippen LogP contribution in [0.15, 0.2) is 39.5 Å². The SMILES string of the molecule is O=C(COc1cc2oc(=O)c3c(c2cc1Cl)CCC3)c1ccc2c(c1)OCCCO2. The van der Waals surface area contributed by atoms with Crippen molar-refractivity contribution < 1.29 is 23.4 Å². The van der Waals surface area contributed by atoms with Crippen molar-refractivity contribution in [3.63, 3.8) is 0 Å². The monoisotopic (exact) mass is 426 g/mol. The highest BCUT2D eigenvalue weighted by molar-refractivity contribution is 6.32. The van der Waals surface area contributed by atoms with E-state index in [0.29, 0.717) is 46.6 Å². The van der Waals surface area contributed by atoms with Gasteiger partial charge >= 0.3 is 5.63 Å². The third kappa shape index (κ3) is 3.41. The average molecular weight is 427 g/mol. The minimum Gasteiger partial charge on any atom is -0.490 e. The van der Waals surface area contributed by atoms with Crippen molar-refractivity contribution in [1.82, 2.24) is 0 Å². The highest BCUT2D eigenvalue weighted by atomic mass is 35.5. The number of carbonyl (C=O) groups is 1. The molecule has 1 aromatic heterocycles. The van der Waals surface area contributed by atoms with Gasteiger partial charge in [-0.15, -0.1) is 0 Å². The molecule has 0 amide bonds. The number of benzene rings is 2. The Bertz CT molecular complexity index is 1210. The molecule has 2 aromatic carbocycles. The van der Waals surface area contributed by atoms with E-state index in [2.05, 4.69) is 0 Å². The molecular weight excluding hydrogens is 408 g/mol. The van der Waals surface area contributed by atoms with Gasteiger partial charge < -0.3 is 18.6 Å². The van der Waals surface area contributed by atoms with Gasteiger partial charge in [-0.2, -0.15) is 0 Å². The van der Waals surface area contributed by atoms with E-state index in [1.165, 1.54) is 0 Å². The maximum absolute atomic E-state index is 12.6. The van der Waals surface area contributed by atoms with Crippen molar-refractivity contribution in [1.29, 1.82) is 0 Å². The van der Waals surface area contributed by atoms with Crippen LogP contribution in [0.4, 0.5) is 0 Å². The number of aryl methyl sites for hydroxylation is 1. The second-order valence-electron chi connectivity index (χ2n) is 7.40. The number of ether oxygens (including phenoxy) is 3. The molecule has 0 unspecified atom stereocenters. The van der Waals surface area contributed by atoms with Crippen LogP contribution in [0.2, 0.25) is 5.02 Å². The van der Waals surface area contributed by atoms with E-state index >= 15 is 0 Å². The summed E-state index contributed by atoms with van der Waals surface area (Å²) in [4.78, 5) is 24.8. The van der Waals surface area contributed by atoms with Crippen LogP contribution >= 0.6 is 11.6 Å². The molecule has 30 heavy (non-hydrogen) atoms. The number of ketones is 1. The average Bonchev–Trinajstić information content (AvgIpc) is 3.13. The Morgan fingerprint density at radius 1 is 1.00 bits per heavy atom. The fourth-order valence-electron chi connectivity index (χ4n) is 3.96. The number of halogens is 1. The highest BCUT2D eigenvalue weighted by Gasteiger charge is 2.21. The fourth-order valence-corrected chi connectivity index (χ4v) is 4.17. The maximum Gasteiger partial charge on any atom is 0.339 e. The van der Waals surface area contributed by atoms with Crippen LogP contribution in [0.3, 0.4) is 0 Å². The van der Waals surface area contributed by atoms with Gasteiger partial charge in [0, 0.05) is 29.0 Å². The van der Waals surface area contributed by atoms with Gasteiger partial charge in [-0.1, -0.05) is 11.6 Å². The highest BCUT2D eigenvalue weighted by Crippen LogP contribution is 2.35. The fraction of sp³-hybridized carbons (Fsp3) is 0.304.